The molecule has 0 bridgehead atoms. The molecule has 0 aromatic carbocycles. The zero-order valence-electron chi connectivity index (χ0n) is 10.9. The average molecular weight is 248 g/mol. The molecule has 2 heterocycles. The number of pyridine rings is 1. The first-order valence-corrected chi connectivity index (χ1v) is 6.58. The van der Waals surface area contributed by atoms with E-state index in [1.165, 1.54) is 39.3 Å². The SMILES string of the molecule is CC(=O)c1ccc(OCCN2CCCCC2)nc1. The number of ether oxygens (including phenoxy) is 1. The van der Waals surface area contributed by atoms with Crippen LogP contribution in [0.15, 0.2) is 18.3 Å². The van der Waals surface area contributed by atoms with Crippen LogP contribution in [0.2, 0.25) is 0 Å². The number of nitrogens with zero attached hydrogens (tertiary/aromatic N) is 2. The largest absolute Gasteiger partial charge is 0.476 e. The number of carbonyl (C=O) groups excluding carboxylic acids is 1. The third kappa shape index (κ3) is 3.81. The maximum Gasteiger partial charge on any atom is 0.213 e. The van der Waals surface area contributed by atoms with E-state index in [2.05, 4.69) is 9.88 Å². The van der Waals surface area contributed by atoms with E-state index in [0.29, 0.717) is 18.1 Å². The van der Waals surface area contributed by atoms with E-state index < -0.39 is 0 Å². The number of piperidine rings is 1. The number of Topliss-reactive ketones (excluding diaryl/α,β-unsaturated/α-hetero) is 1. The summed E-state index contributed by atoms with van der Waals surface area (Å²) in [5, 5.41) is 0. The minimum absolute atomic E-state index is 0.0300. The summed E-state index contributed by atoms with van der Waals surface area (Å²) in [7, 11) is 0. The third-order valence-corrected chi connectivity index (χ3v) is 3.25. The first-order chi connectivity index (χ1) is 8.75. The van der Waals surface area contributed by atoms with E-state index in [1.54, 1.807) is 18.3 Å². The Labute approximate surface area is 108 Å². The molecule has 1 aromatic rings. The monoisotopic (exact) mass is 248 g/mol. The number of hydrogen-bond donors (Lipinski definition) is 0. The Kier molecular flexibility index (Phi) is 4.70. The predicted molar refractivity (Wildman–Crippen MR) is 70.0 cm³/mol. The van der Waals surface area contributed by atoms with Crippen molar-refractivity contribution < 1.29 is 9.53 Å². The molecule has 0 unspecified atom stereocenters. The number of hydrogen-bond acceptors (Lipinski definition) is 4. The second kappa shape index (κ2) is 6.50. The molecular formula is C14H20N2O2. The Morgan fingerprint density at radius 1 is 1.33 bits per heavy atom. The minimum atomic E-state index is 0.0300. The normalized spacial score (nSPS) is 16.5. The van der Waals surface area contributed by atoms with Gasteiger partial charge in [-0.25, -0.2) is 4.98 Å². The van der Waals surface area contributed by atoms with Gasteiger partial charge < -0.3 is 4.74 Å². The van der Waals surface area contributed by atoms with Crippen LogP contribution in [-0.4, -0.2) is 41.9 Å². The molecule has 98 valence electrons. The van der Waals surface area contributed by atoms with E-state index in [1.807, 2.05) is 0 Å². The Morgan fingerprint density at radius 2 is 2.11 bits per heavy atom. The van der Waals surface area contributed by atoms with E-state index >= 15 is 0 Å². The van der Waals surface area contributed by atoms with E-state index in [4.69, 9.17) is 4.74 Å². The smallest absolute Gasteiger partial charge is 0.213 e. The standard InChI is InChI=1S/C14H20N2O2/c1-12(17)13-5-6-14(15-11-13)18-10-9-16-7-3-2-4-8-16/h5-6,11H,2-4,7-10H2,1H3. The predicted octanol–water partition coefficient (Wildman–Crippen LogP) is 2.15. The van der Waals surface area contributed by atoms with Crippen molar-refractivity contribution in [3.05, 3.63) is 23.9 Å². The van der Waals surface area contributed by atoms with Crippen molar-refractivity contribution >= 4 is 5.78 Å². The van der Waals surface area contributed by atoms with Crippen molar-refractivity contribution in [2.24, 2.45) is 0 Å². The summed E-state index contributed by atoms with van der Waals surface area (Å²) in [5.74, 6) is 0.624. The molecule has 0 saturated carbocycles. The molecule has 0 N–H and O–H groups in total. The third-order valence-electron chi connectivity index (χ3n) is 3.25. The van der Waals surface area contributed by atoms with Gasteiger partial charge in [0.05, 0.1) is 0 Å². The molecule has 0 spiro atoms. The zero-order valence-corrected chi connectivity index (χ0v) is 10.9. The van der Waals surface area contributed by atoms with Gasteiger partial charge in [-0.3, -0.25) is 9.69 Å². The van der Waals surface area contributed by atoms with E-state index in [-0.39, 0.29) is 5.78 Å². The molecule has 0 radical (unpaired) electrons. The van der Waals surface area contributed by atoms with Crippen LogP contribution >= 0.6 is 0 Å². The molecule has 1 aromatic heterocycles. The molecule has 1 fully saturated rings. The molecule has 1 aliphatic heterocycles. The lowest BCUT2D eigenvalue weighted by molar-refractivity contribution is 0.101. The quantitative estimate of drug-likeness (QED) is 0.749. The van der Waals surface area contributed by atoms with Gasteiger partial charge in [-0.15, -0.1) is 0 Å². The molecule has 1 aliphatic rings. The first kappa shape index (κ1) is 13.0. The Balaban J connectivity index is 1.74. The average Bonchev–Trinajstić information content (AvgIpc) is 2.40. The molecule has 0 amide bonds. The van der Waals surface area contributed by atoms with Crippen molar-refractivity contribution in [2.45, 2.75) is 26.2 Å². The lowest BCUT2D eigenvalue weighted by Gasteiger charge is -2.25. The second-order valence-corrected chi connectivity index (χ2v) is 4.69. The molecule has 18 heavy (non-hydrogen) atoms. The molecule has 2 rings (SSSR count). The molecule has 1 saturated heterocycles. The van der Waals surface area contributed by atoms with Crippen LogP contribution in [0, 0.1) is 0 Å². The molecule has 4 nitrogen and oxygen atoms in total. The van der Waals surface area contributed by atoms with Crippen molar-refractivity contribution in [3.8, 4) is 5.88 Å². The number of ketones is 1. The van der Waals surface area contributed by atoms with E-state index in [9.17, 15) is 4.79 Å². The number of rotatable bonds is 5. The van der Waals surface area contributed by atoms with Gasteiger partial charge in [0.2, 0.25) is 5.88 Å². The first-order valence-electron chi connectivity index (χ1n) is 6.58. The summed E-state index contributed by atoms with van der Waals surface area (Å²) in [6, 6.07) is 3.51. The number of likely N-dealkylation sites (tertiary alicyclic amines) is 1. The van der Waals surface area contributed by atoms with E-state index in [0.717, 1.165) is 6.54 Å². The van der Waals surface area contributed by atoms with Gasteiger partial charge in [0.25, 0.3) is 0 Å². The summed E-state index contributed by atoms with van der Waals surface area (Å²) in [4.78, 5) is 17.6. The maximum atomic E-state index is 11.1. The van der Waals surface area contributed by atoms with Crippen LogP contribution in [-0.2, 0) is 0 Å². The van der Waals surface area contributed by atoms with Gasteiger partial charge in [0.1, 0.15) is 6.61 Å². The summed E-state index contributed by atoms with van der Waals surface area (Å²) in [6.07, 6.45) is 5.51. The zero-order chi connectivity index (χ0) is 12.8. The molecule has 0 aliphatic carbocycles. The Hall–Kier alpha value is -1.42. The summed E-state index contributed by atoms with van der Waals surface area (Å²) < 4.78 is 5.58. The number of carbonyl (C=O) groups is 1. The van der Waals surface area contributed by atoms with Crippen LogP contribution in [0.4, 0.5) is 0 Å². The van der Waals surface area contributed by atoms with Crippen LogP contribution in [0.1, 0.15) is 36.5 Å². The maximum absolute atomic E-state index is 11.1. The molecular weight excluding hydrogens is 228 g/mol. The fourth-order valence-corrected chi connectivity index (χ4v) is 2.14. The van der Waals surface area contributed by atoms with Crippen molar-refractivity contribution in [2.75, 3.05) is 26.2 Å². The van der Waals surface area contributed by atoms with Gasteiger partial charge in [-0.1, -0.05) is 6.42 Å². The molecule has 0 atom stereocenters. The fraction of sp³-hybridized carbons (Fsp3) is 0.571. The highest BCUT2D eigenvalue weighted by atomic mass is 16.5. The van der Waals surface area contributed by atoms with Crippen molar-refractivity contribution in [1.29, 1.82) is 0 Å². The molecule has 4 heteroatoms. The van der Waals surface area contributed by atoms with Gasteiger partial charge in [0.15, 0.2) is 5.78 Å². The highest BCUT2D eigenvalue weighted by Gasteiger charge is 2.09. The lowest BCUT2D eigenvalue weighted by atomic mass is 10.1. The summed E-state index contributed by atoms with van der Waals surface area (Å²) in [5.41, 5.74) is 0.624. The van der Waals surface area contributed by atoms with Crippen LogP contribution in [0.25, 0.3) is 0 Å². The van der Waals surface area contributed by atoms with Gasteiger partial charge in [0, 0.05) is 24.4 Å². The van der Waals surface area contributed by atoms with Crippen LogP contribution in [0.5, 0.6) is 5.88 Å². The van der Waals surface area contributed by atoms with Crippen LogP contribution in [0.3, 0.4) is 0 Å². The van der Waals surface area contributed by atoms with Gasteiger partial charge in [-0.2, -0.15) is 0 Å². The van der Waals surface area contributed by atoms with Crippen molar-refractivity contribution in [3.63, 3.8) is 0 Å². The topological polar surface area (TPSA) is 42.4 Å². The highest BCUT2D eigenvalue weighted by Crippen LogP contribution is 2.10. The van der Waals surface area contributed by atoms with Gasteiger partial charge >= 0.3 is 0 Å². The lowest BCUT2D eigenvalue weighted by Crippen LogP contribution is -2.33. The summed E-state index contributed by atoms with van der Waals surface area (Å²) in [6.45, 7) is 5.51. The number of aromatic nitrogens is 1. The minimum Gasteiger partial charge on any atom is -0.476 e. The van der Waals surface area contributed by atoms with Crippen molar-refractivity contribution in [1.82, 2.24) is 9.88 Å². The van der Waals surface area contributed by atoms with Gasteiger partial charge in [-0.05, 0) is 38.9 Å². The Morgan fingerprint density at radius 3 is 2.72 bits per heavy atom. The fourth-order valence-electron chi connectivity index (χ4n) is 2.14. The summed E-state index contributed by atoms with van der Waals surface area (Å²) >= 11 is 0. The van der Waals surface area contributed by atoms with Crippen LogP contribution < -0.4 is 4.74 Å². The highest BCUT2D eigenvalue weighted by molar-refractivity contribution is 5.93. The second-order valence-electron chi connectivity index (χ2n) is 4.69. The Bertz CT molecular complexity index is 383.